The number of nitrogens with one attached hydrogen (secondary N) is 2. The zero-order valence-corrected chi connectivity index (χ0v) is 12.8. The molecule has 1 amide bonds. The van der Waals surface area contributed by atoms with Gasteiger partial charge in [-0.2, -0.15) is 0 Å². The maximum Gasteiger partial charge on any atom is 0.251 e. The maximum absolute atomic E-state index is 11.9. The molecule has 0 aliphatic carbocycles. The van der Waals surface area contributed by atoms with Gasteiger partial charge in [0.05, 0.1) is 5.69 Å². The third-order valence-corrected chi connectivity index (χ3v) is 3.33. The molecule has 5 heteroatoms. The molecule has 1 aromatic carbocycles. The fourth-order valence-electron chi connectivity index (χ4n) is 2.03. The summed E-state index contributed by atoms with van der Waals surface area (Å²) in [4.78, 5) is 16.1. The van der Waals surface area contributed by atoms with Crippen LogP contribution in [0.25, 0.3) is 0 Å². The molecule has 1 heterocycles. The van der Waals surface area contributed by atoms with E-state index in [4.69, 9.17) is 5.73 Å². The molecule has 22 heavy (non-hydrogen) atoms. The molecule has 2 aromatic rings. The van der Waals surface area contributed by atoms with E-state index in [1.54, 1.807) is 12.3 Å². The van der Waals surface area contributed by atoms with Crippen LogP contribution >= 0.6 is 0 Å². The molecule has 4 N–H and O–H groups in total. The Kier molecular flexibility index (Phi) is 5.77. The van der Waals surface area contributed by atoms with Gasteiger partial charge in [-0.1, -0.05) is 17.7 Å². The van der Waals surface area contributed by atoms with Crippen molar-refractivity contribution in [2.75, 3.05) is 24.1 Å². The molecule has 2 rings (SSSR count). The van der Waals surface area contributed by atoms with Gasteiger partial charge >= 0.3 is 0 Å². The molecule has 0 aliphatic heterocycles. The number of pyridine rings is 1. The maximum atomic E-state index is 11.9. The Balaban J connectivity index is 1.62. The van der Waals surface area contributed by atoms with E-state index in [1.807, 2.05) is 37.3 Å². The van der Waals surface area contributed by atoms with Crippen molar-refractivity contribution in [1.29, 1.82) is 0 Å². The first-order valence-corrected chi connectivity index (χ1v) is 7.46. The van der Waals surface area contributed by atoms with Crippen molar-refractivity contribution in [3.8, 4) is 0 Å². The number of rotatable bonds is 7. The second-order valence-corrected chi connectivity index (χ2v) is 5.20. The number of carbonyl (C=O) groups excluding carboxylic acids is 1. The number of nitrogen functional groups attached to an aromatic ring is 1. The first-order chi connectivity index (χ1) is 10.7. The monoisotopic (exact) mass is 298 g/mol. The number of amides is 1. The Hall–Kier alpha value is -2.56. The molecule has 0 fully saturated rings. The van der Waals surface area contributed by atoms with E-state index in [2.05, 4.69) is 15.6 Å². The Morgan fingerprint density at radius 1 is 1.14 bits per heavy atom. The van der Waals surface area contributed by atoms with Crippen molar-refractivity contribution in [2.45, 2.75) is 19.8 Å². The highest BCUT2D eigenvalue weighted by Crippen LogP contribution is 2.12. The highest BCUT2D eigenvalue weighted by atomic mass is 16.1. The van der Waals surface area contributed by atoms with Crippen LogP contribution in [0.1, 0.15) is 28.8 Å². The Labute approximate surface area is 130 Å². The molecule has 0 atom stereocenters. The van der Waals surface area contributed by atoms with Crippen molar-refractivity contribution in [3.05, 3.63) is 53.7 Å². The van der Waals surface area contributed by atoms with Gasteiger partial charge in [0.2, 0.25) is 0 Å². The summed E-state index contributed by atoms with van der Waals surface area (Å²) < 4.78 is 0. The summed E-state index contributed by atoms with van der Waals surface area (Å²) in [6.07, 6.45) is 3.54. The third kappa shape index (κ3) is 4.77. The van der Waals surface area contributed by atoms with Crippen LogP contribution in [0.15, 0.2) is 42.6 Å². The zero-order chi connectivity index (χ0) is 15.8. The number of benzene rings is 1. The van der Waals surface area contributed by atoms with Crippen molar-refractivity contribution in [2.24, 2.45) is 0 Å². The summed E-state index contributed by atoms with van der Waals surface area (Å²) >= 11 is 0. The Morgan fingerprint density at radius 3 is 2.59 bits per heavy atom. The van der Waals surface area contributed by atoms with Crippen molar-refractivity contribution >= 4 is 17.4 Å². The summed E-state index contributed by atoms with van der Waals surface area (Å²) in [6.45, 7) is 3.44. The molecular weight excluding hydrogens is 276 g/mol. The Morgan fingerprint density at radius 2 is 1.86 bits per heavy atom. The summed E-state index contributed by atoms with van der Waals surface area (Å²) in [7, 11) is 0. The zero-order valence-electron chi connectivity index (χ0n) is 12.8. The quantitative estimate of drug-likeness (QED) is 0.686. The fraction of sp³-hybridized carbons (Fsp3) is 0.294. The second-order valence-electron chi connectivity index (χ2n) is 5.20. The molecule has 0 radical (unpaired) electrons. The molecule has 5 nitrogen and oxygen atoms in total. The van der Waals surface area contributed by atoms with Gasteiger partial charge in [0.25, 0.3) is 5.91 Å². The minimum absolute atomic E-state index is 0.0260. The number of unbranched alkanes of at least 4 members (excludes halogenated alkanes) is 1. The van der Waals surface area contributed by atoms with E-state index in [0.717, 1.165) is 24.9 Å². The normalized spacial score (nSPS) is 10.2. The van der Waals surface area contributed by atoms with Crippen molar-refractivity contribution in [1.82, 2.24) is 10.3 Å². The van der Waals surface area contributed by atoms with Crippen LogP contribution in [0.3, 0.4) is 0 Å². The minimum Gasteiger partial charge on any atom is -0.396 e. The summed E-state index contributed by atoms with van der Waals surface area (Å²) in [5.41, 5.74) is 8.29. The lowest BCUT2D eigenvalue weighted by molar-refractivity contribution is 0.0953. The van der Waals surface area contributed by atoms with Gasteiger partial charge < -0.3 is 16.4 Å². The molecular formula is C17H22N4O. The number of carbonyl (C=O) groups is 1. The Bertz CT molecular complexity index is 610. The van der Waals surface area contributed by atoms with Crippen LogP contribution in [0.2, 0.25) is 0 Å². The number of aryl methyl sites for hydroxylation is 1. The van der Waals surface area contributed by atoms with E-state index in [1.165, 1.54) is 0 Å². The van der Waals surface area contributed by atoms with Crippen LogP contribution < -0.4 is 16.4 Å². The second kappa shape index (κ2) is 8.02. The van der Waals surface area contributed by atoms with Crippen LogP contribution in [0, 0.1) is 6.92 Å². The van der Waals surface area contributed by atoms with E-state index in [-0.39, 0.29) is 5.91 Å². The van der Waals surface area contributed by atoms with E-state index in [0.29, 0.717) is 23.6 Å². The molecule has 0 aliphatic rings. The number of nitrogens with zero attached hydrogens (tertiary/aromatic N) is 1. The summed E-state index contributed by atoms with van der Waals surface area (Å²) in [6, 6.07) is 11.2. The van der Waals surface area contributed by atoms with Crippen molar-refractivity contribution in [3.63, 3.8) is 0 Å². The largest absolute Gasteiger partial charge is 0.396 e. The van der Waals surface area contributed by atoms with Gasteiger partial charge in [0, 0.05) is 24.8 Å². The van der Waals surface area contributed by atoms with Gasteiger partial charge in [-0.3, -0.25) is 4.79 Å². The molecule has 0 unspecified atom stereocenters. The van der Waals surface area contributed by atoms with Gasteiger partial charge in [-0.05, 0) is 44.0 Å². The first kappa shape index (κ1) is 15.8. The first-order valence-electron chi connectivity index (χ1n) is 7.46. The number of hydrogen-bond donors (Lipinski definition) is 3. The van der Waals surface area contributed by atoms with Gasteiger partial charge in [-0.25, -0.2) is 4.98 Å². The fourth-order valence-corrected chi connectivity index (χ4v) is 2.03. The minimum atomic E-state index is -0.0260. The van der Waals surface area contributed by atoms with E-state index < -0.39 is 0 Å². The topological polar surface area (TPSA) is 80.0 Å². The third-order valence-electron chi connectivity index (χ3n) is 3.33. The number of hydrogen-bond acceptors (Lipinski definition) is 4. The van der Waals surface area contributed by atoms with Crippen LogP contribution in [0.5, 0.6) is 0 Å². The van der Waals surface area contributed by atoms with E-state index in [9.17, 15) is 4.79 Å². The molecule has 0 saturated heterocycles. The lowest BCUT2D eigenvalue weighted by Gasteiger charge is -2.08. The molecule has 116 valence electrons. The highest BCUT2D eigenvalue weighted by Gasteiger charge is 2.03. The predicted octanol–water partition coefficient (Wildman–Crippen LogP) is 2.59. The summed E-state index contributed by atoms with van der Waals surface area (Å²) in [5, 5.41) is 6.11. The molecule has 0 bridgehead atoms. The van der Waals surface area contributed by atoms with Gasteiger partial charge in [0.15, 0.2) is 0 Å². The molecule has 1 aromatic heterocycles. The van der Waals surface area contributed by atoms with Crippen LogP contribution in [0.4, 0.5) is 11.5 Å². The average molecular weight is 298 g/mol. The average Bonchev–Trinajstić information content (AvgIpc) is 2.53. The van der Waals surface area contributed by atoms with Gasteiger partial charge in [-0.15, -0.1) is 0 Å². The molecule has 0 spiro atoms. The number of aromatic nitrogens is 1. The smallest absolute Gasteiger partial charge is 0.251 e. The van der Waals surface area contributed by atoms with E-state index >= 15 is 0 Å². The molecule has 0 saturated carbocycles. The number of anilines is 2. The SMILES string of the molecule is Cc1ccc(C(=O)NCCCCNc2ncccc2N)cc1. The number of nitrogens with two attached hydrogens (primary N) is 1. The lowest BCUT2D eigenvalue weighted by atomic mass is 10.1. The van der Waals surface area contributed by atoms with Crippen molar-refractivity contribution < 1.29 is 4.79 Å². The lowest BCUT2D eigenvalue weighted by Crippen LogP contribution is -2.24. The van der Waals surface area contributed by atoms with Crippen LogP contribution in [-0.2, 0) is 0 Å². The highest BCUT2D eigenvalue weighted by molar-refractivity contribution is 5.94. The van der Waals surface area contributed by atoms with Crippen LogP contribution in [-0.4, -0.2) is 24.0 Å². The van der Waals surface area contributed by atoms with Gasteiger partial charge in [0.1, 0.15) is 5.82 Å². The standard InChI is InChI=1S/C17H22N4O/c1-13-6-8-14(9-7-13)17(22)21-11-3-2-10-19-16-15(18)5-4-12-20-16/h4-9,12H,2-3,10-11,18H2,1H3,(H,19,20)(H,21,22). The summed E-state index contributed by atoms with van der Waals surface area (Å²) in [5.74, 6) is 0.688. The predicted molar refractivity (Wildman–Crippen MR) is 89.9 cm³/mol.